The lowest BCUT2D eigenvalue weighted by Gasteiger charge is -2.16. The maximum Gasteiger partial charge on any atom is 0.254 e. The zero-order valence-corrected chi connectivity index (χ0v) is 23.2. The molecule has 1 N–H and O–H groups in total. The monoisotopic (exact) mass is 528 g/mol. The van der Waals surface area contributed by atoms with Crippen molar-refractivity contribution in [3.8, 4) is 5.75 Å². The van der Waals surface area contributed by atoms with Gasteiger partial charge >= 0.3 is 0 Å². The van der Waals surface area contributed by atoms with E-state index < -0.39 is 0 Å². The van der Waals surface area contributed by atoms with E-state index in [1.54, 1.807) is 0 Å². The Balaban J connectivity index is 1.52. The Kier molecular flexibility index (Phi) is 8.03. The first-order chi connectivity index (χ1) is 18.8. The third kappa shape index (κ3) is 5.86. The molecule has 5 nitrogen and oxygen atoms in total. The van der Waals surface area contributed by atoms with Crippen molar-refractivity contribution in [2.24, 2.45) is 0 Å². The van der Waals surface area contributed by atoms with Crippen LogP contribution in [0.15, 0.2) is 66.7 Å². The molecule has 3 aromatic carbocycles. The Morgan fingerprint density at radius 1 is 1.03 bits per heavy atom. The smallest absolute Gasteiger partial charge is 0.254 e. The number of amides is 1. The van der Waals surface area contributed by atoms with E-state index in [1.807, 2.05) is 62.4 Å². The van der Waals surface area contributed by atoms with E-state index in [0.29, 0.717) is 30.9 Å². The summed E-state index contributed by atoms with van der Waals surface area (Å²) < 4.78 is 28.5. The third-order valence-electron chi connectivity index (χ3n) is 7.36. The van der Waals surface area contributed by atoms with Crippen molar-refractivity contribution < 1.29 is 18.7 Å². The summed E-state index contributed by atoms with van der Waals surface area (Å²) in [6, 6.07) is 21.4. The van der Waals surface area contributed by atoms with Gasteiger partial charge < -0.3 is 19.4 Å². The highest BCUT2D eigenvalue weighted by atomic mass is 19.1. The summed E-state index contributed by atoms with van der Waals surface area (Å²) in [7, 11) is 0. The van der Waals surface area contributed by atoms with Crippen molar-refractivity contribution in [1.29, 1.82) is 0 Å². The van der Waals surface area contributed by atoms with Crippen LogP contribution < -0.4 is 10.1 Å². The molecule has 1 aliphatic rings. The van der Waals surface area contributed by atoms with E-state index >= 15 is 0 Å². The highest BCUT2D eigenvalue weighted by Crippen LogP contribution is 2.35. The van der Waals surface area contributed by atoms with Gasteiger partial charge in [-0.1, -0.05) is 70.2 Å². The second kappa shape index (κ2) is 11.6. The minimum Gasteiger partial charge on any atom is -0.488 e. The summed E-state index contributed by atoms with van der Waals surface area (Å²) in [4.78, 5) is 13.8. The molecular weight excluding hydrogens is 491 g/mol. The summed E-state index contributed by atoms with van der Waals surface area (Å²) in [5.74, 6) is 0.569. The van der Waals surface area contributed by atoms with Crippen molar-refractivity contribution in [2.45, 2.75) is 65.1 Å². The number of nitrogens with one attached hydrogen (secondary N) is 1. The lowest BCUT2D eigenvalue weighted by atomic mass is 10.0. The molecule has 0 radical (unpaired) electrons. The first kappa shape index (κ1) is 26.9. The molecular formula is C33H37FN2O3. The summed E-state index contributed by atoms with van der Waals surface area (Å²) >= 11 is 0. The summed E-state index contributed by atoms with van der Waals surface area (Å²) in [5.41, 5.74) is 5.15. The van der Waals surface area contributed by atoms with E-state index in [0.717, 1.165) is 39.9 Å². The van der Waals surface area contributed by atoms with Crippen molar-refractivity contribution in [3.63, 3.8) is 0 Å². The molecule has 1 aromatic heterocycles. The van der Waals surface area contributed by atoms with Crippen LogP contribution in [0.5, 0.6) is 5.75 Å². The fraction of sp³-hybridized carbons (Fsp3) is 0.364. The number of benzene rings is 3. The highest BCUT2D eigenvalue weighted by Gasteiger charge is 2.26. The van der Waals surface area contributed by atoms with Crippen LogP contribution in [-0.4, -0.2) is 29.8 Å². The lowest BCUT2D eigenvalue weighted by molar-refractivity contribution is 0.0951. The predicted molar refractivity (Wildman–Crippen MR) is 153 cm³/mol. The topological polar surface area (TPSA) is 52.5 Å². The van der Waals surface area contributed by atoms with E-state index in [1.165, 1.54) is 6.07 Å². The Morgan fingerprint density at radius 3 is 2.49 bits per heavy atom. The van der Waals surface area contributed by atoms with E-state index in [2.05, 4.69) is 35.9 Å². The molecule has 0 saturated carbocycles. The summed E-state index contributed by atoms with van der Waals surface area (Å²) in [6.07, 6.45) is 0.905. The summed E-state index contributed by atoms with van der Waals surface area (Å²) in [6.45, 7) is 10.3. The normalized spacial score (nSPS) is 15.4. The number of rotatable bonds is 9. The molecule has 6 heteroatoms. The number of nitrogens with zero attached hydrogens (tertiary/aromatic N) is 1. The van der Waals surface area contributed by atoms with Crippen molar-refractivity contribution in [3.05, 3.63) is 100 Å². The zero-order valence-electron chi connectivity index (χ0n) is 23.2. The number of carbonyl (C=O) groups is 1. The third-order valence-corrected chi connectivity index (χ3v) is 7.36. The van der Waals surface area contributed by atoms with Crippen molar-refractivity contribution in [2.75, 3.05) is 13.2 Å². The minimum absolute atomic E-state index is 0.0369. The van der Waals surface area contributed by atoms with Crippen LogP contribution in [0.1, 0.15) is 78.7 Å². The molecule has 39 heavy (non-hydrogen) atoms. The second-order valence-electron chi connectivity index (χ2n) is 11.0. The Labute approximate surface area is 229 Å². The van der Waals surface area contributed by atoms with Crippen LogP contribution in [0.4, 0.5) is 4.39 Å². The van der Waals surface area contributed by atoms with E-state index in [-0.39, 0.29) is 36.2 Å². The van der Waals surface area contributed by atoms with Gasteiger partial charge in [0.2, 0.25) is 0 Å². The van der Waals surface area contributed by atoms with Gasteiger partial charge in [0.25, 0.3) is 5.91 Å². The molecule has 1 aliphatic heterocycles. The van der Waals surface area contributed by atoms with E-state index in [4.69, 9.17) is 9.47 Å². The largest absolute Gasteiger partial charge is 0.488 e. The molecule has 1 saturated heterocycles. The Hall–Kier alpha value is -3.64. The molecule has 2 heterocycles. The Bertz CT molecular complexity index is 1450. The first-order valence-corrected chi connectivity index (χ1v) is 13.8. The molecule has 4 aromatic rings. The van der Waals surface area contributed by atoms with Crippen LogP contribution in [0.3, 0.4) is 0 Å². The fourth-order valence-corrected chi connectivity index (χ4v) is 5.42. The average Bonchev–Trinajstić information content (AvgIpc) is 3.54. The lowest BCUT2D eigenvalue weighted by Crippen LogP contribution is -2.24. The summed E-state index contributed by atoms with van der Waals surface area (Å²) in [5, 5.41) is 3.94. The first-order valence-electron chi connectivity index (χ1n) is 13.8. The Morgan fingerprint density at radius 2 is 1.82 bits per heavy atom. The van der Waals surface area contributed by atoms with Gasteiger partial charge in [-0.3, -0.25) is 4.79 Å². The molecule has 5 rings (SSSR count). The number of fused-ring (bicyclic) bond motifs is 1. The van der Waals surface area contributed by atoms with Crippen LogP contribution in [0.25, 0.3) is 10.9 Å². The number of carbonyl (C=O) groups excluding carboxylic acids is 1. The van der Waals surface area contributed by atoms with Crippen LogP contribution in [0.2, 0.25) is 0 Å². The second-order valence-corrected chi connectivity index (χ2v) is 11.0. The van der Waals surface area contributed by atoms with Gasteiger partial charge in [0, 0.05) is 36.7 Å². The average molecular weight is 529 g/mol. The van der Waals surface area contributed by atoms with Gasteiger partial charge in [-0.15, -0.1) is 0 Å². The maximum atomic E-state index is 14.6. The predicted octanol–water partition coefficient (Wildman–Crippen LogP) is 7.17. The van der Waals surface area contributed by atoms with Gasteiger partial charge in [-0.2, -0.15) is 0 Å². The fourth-order valence-electron chi connectivity index (χ4n) is 5.42. The van der Waals surface area contributed by atoms with Crippen LogP contribution >= 0.6 is 0 Å². The van der Waals surface area contributed by atoms with Crippen molar-refractivity contribution >= 4 is 16.8 Å². The van der Waals surface area contributed by atoms with E-state index in [9.17, 15) is 9.18 Å². The SMILES string of the molecule is CC(C)c1ccc(CNC(=O)c2c(C(C)C)n(Cc3ccccc3)c3cc(OC4CCOC4)ccc23)cc1F. The molecule has 204 valence electrons. The molecule has 0 spiro atoms. The van der Waals surface area contributed by atoms with Gasteiger partial charge in [-0.05, 0) is 46.7 Å². The van der Waals surface area contributed by atoms with Crippen LogP contribution in [-0.2, 0) is 17.8 Å². The zero-order chi connectivity index (χ0) is 27.5. The molecule has 0 bridgehead atoms. The molecule has 1 amide bonds. The van der Waals surface area contributed by atoms with Gasteiger partial charge in [0.15, 0.2) is 0 Å². The van der Waals surface area contributed by atoms with Gasteiger partial charge in [-0.25, -0.2) is 4.39 Å². The van der Waals surface area contributed by atoms with Gasteiger partial charge in [0.05, 0.1) is 24.3 Å². The number of aromatic nitrogens is 1. The molecule has 0 aliphatic carbocycles. The minimum atomic E-state index is -0.237. The highest BCUT2D eigenvalue weighted by molar-refractivity contribution is 6.09. The number of hydrogen-bond donors (Lipinski definition) is 1. The van der Waals surface area contributed by atoms with Gasteiger partial charge in [0.1, 0.15) is 17.7 Å². The standard InChI is InChI=1S/C33H37FN2O3/c1-21(2)27-12-10-24(16-29(27)34)18-35-33(37)31-28-13-11-25(39-26-14-15-38-20-26)17-30(28)36(32(31)22(3)4)19-23-8-6-5-7-9-23/h5-13,16-17,21-22,26H,14-15,18-20H2,1-4H3,(H,35,37). The molecule has 1 fully saturated rings. The number of hydrogen-bond acceptors (Lipinski definition) is 3. The number of ether oxygens (including phenoxy) is 2. The molecule has 1 unspecified atom stereocenters. The number of halogens is 1. The maximum absolute atomic E-state index is 14.6. The van der Waals surface area contributed by atoms with Crippen LogP contribution in [0, 0.1) is 5.82 Å². The van der Waals surface area contributed by atoms with Crippen molar-refractivity contribution in [1.82, 2.24) is 9.88 Å². The molecule has 1 atom stereocenters. The quantitative estimate of drug-likeness (QED) is 0.251.